The van der Waals surface area contributed by atoms with Crippen LogP contribution in [-0.4, -0.2) is 5.78 Å². The summed E-state index contributed by atoms with van der Waals surface area (Å²) in [5.74, 6) is 0.00616. The molecule has 0 amide bonds. The van der Waals surface area contributed by atoms with Crippen LogP contribution in [0.2, 0.25) is 0 Å². The van der Waals surface area contributed by atoms with Crippen molar-refractivity contribution in [2.24, 2.45) is 0 Å². The molecule has 2 aliphatic carbocycles. The highest BCUT2D eigenvalue weighted by Crippen LogP contribution is 2.40. The van der Waals surface area contributed by atoms with Gasteiger partial charge >= 0.3 is 0 Å². The molecule has 3 rings (SSSR count). The molecular formula is C15H11BrCl2O. The van der Waals surface area contributed by atoms with Crippen LogP contribution in [0.5, 0.6) is 0 Å². The van der Waals surface area contributed by atoms with E-state index >= 15 is 0 Å². The van der Waals surface area contributed by atoms with Gasteiger partial charge in [-0.1, -0.05) is 50.8 Å². The van der Waals surface area contributed by atoms with Crippen LogP contribution < -0.4 is 0 Å². The number of fused-ring (bicyclic) bond motifs is 1. The Morgan fingerprint density at radius 3 is 2.58 bits per heavy atom. The van der Waals surface area contributed by atoms with Crippen molar-refractivity contribution in [3.8, 4) is 0 Å². The van der Waals surface area contributed by atoms with E-state index in [0.717, 1.165) is 46.9 Å². The summed E-state index contributed by atoms with van der Waals surface area (Å²) in [6.07, 6.45) is 3.35. The average Bonchev–Trinajstić information content (AvgIpc) is 2.53. The predicted octanol–water partition coefficient (Wildman–Crippen LogP) is 5.36. The van der Waals surface area contributed by atoms with Crippen molar-refractivity contribution in [2.75, 3.05) is 0 Å². The highest BCUT2D eigenvalue weighted by atomic mass is 79.9. The SMILES string of the molecule is O=C1C2=C(CCC(Cl)=C2Cl)CCc2ccc(Br)cc21. The van der Waals surface area contributed by atoms with Gasteiger partial charge in [0, 0.05) is 20.6 Å². The Morgan fingerprint density at radius 2 is 1.79 bits per heavy atom. The third kappa shape index (κ3) is 2.31. The number of aryl methyl sites for hydroxylation is 1. The van der Waals surface area contributed by atoms with E-state index in [2.05, 4.69) is 15.9 Å². The normalized spacial score (nSPS) is 19.2. The van der Waals surface area contributed by atoms with Crippen molar-refractivity contribution in [3.63, 3.8) is 0 Å². The maximum atomic E-state index is 12.7. The smallest absolute Gasteiger partial charge is 0.194 e. The van der Waals surface area contributed by atoms with Gasteiger partial charge in [0.05, 0.1) is 5.03 Å². The van der Waals surface area contributed by atoms with Crippen LogP contribution in [0.15, 0.2) is 43.9 Å². The molecule has 2 aliphatic rings. The van der Waals surface area contributed by atoms with E-state index in [0.29, 0.717) is 15.6 Å². The summed E-state index contributed by atoms with van der Waals surface area (Å²) < 4.78 is 0.908. The van der Waals surface area contributed by atoms with Crippen molar-refractivity contribution in [1.29, 1.82) is 0 Å². The maximum absolute atomic E-state index is 12.7. The Bertz CT molecular complexity index is 644. The number of hydrogen-bond acceptors (Lipinski definition) is 1. The van der Waals surface area contributed by atoms with Gasteiger partial charge in [-0.15, -0.1) is 0 Å². The van der Waals surface area contributed by atoms with Gasteiger partial charge in [-0.05, 0) is 43.4 Å². The Labute approximate surface area is 130 Å². The van der Waals surface area contributed by atoms with E-state index < -0.39 is 0 Å². The molecule has 0 heterocycles. The molecule has 0 bridgehead atoms. The third-order valence-corrected chi connectivity index (χ3v) is 5.08. The molecule has 0 atom stereocenters. The van der Waals surface area contributed by atoms with Gasteiger partial charge in [0.2, 0.25) is 0 Å². The molecule has 0 aromatic heterocycles. The Kier molecular flexibility index (Phi) is 3.59. The summed E-state index contributed by atoms with van der Waals surface area (Å²) in [6.45, 7) is 0. The van der Waals surface area contributed by atoms with E-state index in [-0.39, 0.29) is 5.78 Å². The van der Waals surface area contributed by atoms with Crippen LogP contribution in [0, 0.1) is 0 Å². The molecule has 0 unspecified atom stereocenters. The zero-order valence-electron chi connectivity index (χ0n) is 10.1. The Balaban J connectivity index is 2.18. The molecule has 1 aromatic carbocycles. The first-order chi connectivity index (χ1) is 9.08. The summed E-state index contributed by atoms with van der Waals surface area (Å²) in [6, 6.07) is 5.86. The van der Waals surface area contributed by atoms with E-state index in [9.17, 15) is 4.79 Å². The number of benzene rings is 1. The fourth-order valence-corrected chi connectivity index (χ4v) is 3.56. The minimum atomic E-state index is 0.00616. The molecule has 0 fully saturated rings. The van der Waals surface area contributed by atoms with Gasteiger partial charge in [0.1, 0.15) is 0 Å². The van der Waals surface area contributed by atoms with Gasteiger partial charge < -0.3 is 0 Å². The fraction of sp³-hybridized carbons (Fsp3) is 0.267. The molecule has 0 aliphatic heterocycles. The van der Waals surface area contributed by atoms with Crippen molar-refractivity contribution in [1.82, 2.24) is 0 Å². The van der Waals surface area contributed by atoms with Crippen LogP contribution in [-0.2, 0) is 6.42 Å². The minimum Gasteiger partial charge on any atom is -0.289 e. The number of allylic oxidation sites excluding steroid dienone is 4. The number of carbonyl (C=O) groups is 1. The van der Waals surface area contributed by atoms with Crippen molar-refractivity contribution in [3.05, 3.63) is 55.0 Å². The molecule has 0 radical (unpaired) electrons. The molecule has 19 heavy (non-hydrogen) atoms. The van der Waals surface area contributed by atoms with Crippen molar-refractivity contribution in [2.45, 2.75) is 25.7 Å². The monoisotopic (exact) mass is 356 g/mol. The zero-order chi connectivity index (χ0) is 13.6. The minimum absolute atomic E-state index is 0.00616. The quantitative estimate of drug-likeness (QED) is 0.611. The first kappa shape index (κ1) is 13.4. The van der Waals surface area contributed by atoms with Gasteiger partial charge in [-0.25, -0.2) is 0 Å². The van der Waals surface area contributed by atoms with E-state index in [1.165, 1.54) is 0 Å². The van der Waals surface area contributed by atoms with Gasteiger partial charge in [0.15, 0.2) is 5.78 Å². The van der Waals surface area contributed by atoms with E-state index in [1.807, 2.05) is 18.2 Å². The number of Topliss-reactive ketones (excluding diaryl/α,β-unsaturated/α-hetero) is 1. The molecule has 0 saturated carbocycles. The molecule has 4 heteroatoms. The first-order valence-corrected chi connectivity index (χ1v) is 7.72. The van der Waals surface area contributed by atoms with Crippen LogP contribution >= 0.6 is 39.1 Å². The second-order valence-electron chi connectivity index (χ2n) is 4.83. The van der Waals surface area contributed by atoms with Crippen LogP contribution in [0.3, 0.4) is 0 Å². The van der Waals surface area contributed by atoms with Gasteiger partial charge in [-0.3, -0.25) is 4.79 Å². The lowest BCUT2D eigenvalue weighted by atomic mass is 9.92. The summed E-state index contributed by atoms with van der Waals surface area (Å²) in [5.41, 5.74) is 3.61. The largest absolute Gasteiger partial charge is 0.289 e. The van der Waals surface area contributed by atoms with Crippen molar-refractivity contribution < 1.29 is 4.79 Å². The van der Waals surface area contributed by atoms with Crippen molar-refractivity contribution >= 4 is 44.9 Å². The van der Waals surface area contributed by atoms with Crippen LogP contribution in [0.4, 0.5) is 0 Å². The molecule has 0 spiro atoms. The molecule has 98 valence electrons. The Hall–Kier alpha value is -0.570. The van der Waals surface area contributed by atoms with E-state index in [4.69, 9.17) is 23.2 Å². The lowest BCUT2D eigenvalue weighted by Gasteiger charge is -2.18. The fourth-order valence-electron chi connectivity index (χ4n) is 2.69. The number of carbonyl (C=O) groups excluding carboxylic acids is 1. The zero-order valence-corrected chi connectivity index (χ0v) is 13.2. The molecule has 1 aromatic rings. The third-order valence-electron chi connectivity index (χ3n) is 3.70. The molecular weight excluding hydrogens is 347 g/mol. The topological polar surface area (TPSA) is 17.1 Å². The standard InChI is InChI=1S/C15H11BrCl2O/c16-10-5-3-8-1-2-9-4-6-12(17)14(18)13(9)15(19)11(8)7-10/h3,5,7H,1-2,4,6H2. The first-order valence-electron chi connectivity index (χ1n) is 6.17. The summed E-state index contributed by atoms with van der Waals surface area (Å²) in [4.78, 5) is 12.7. The molecule has 1 nitrogen and oxygen atoms in total. The lowest BCUT2D eigenvalue weighted by molar-refractivity contribution is 0.103. The van der Waals surface area contributed by atoms with Crippen LogP contribution in [0.25, 0.3) is 0 Å². The lowest BCUT2D eigenvalue weighted by Crippen LogP contribution is -2.10. The van der Waals surface area contributed by atoms with Gasteiger partial charge in [-0.2, -0.15) is 0 Å². The predicted molar refractivity (Wildman–Crippen MR) is 81.8 cm³/mol. The molecule has 0 saturated heterocycles. The van der Waals surface area contributed by atoms with Gasteiger partial charge in [0.25, 0.3) is 0 Å². The average molecular weight is 358 g/mol. The second kappa shape index (κ2) is 5.08. The number of rotatable bonds is 0. The number of hydrogen-bond donors (Lipinski definition) is 0. The Morgan fingerprint density at radius 1 is 1.05 bits per heavy atom. The number of ketones is 1. The summed E-state index contributed by atoms with van der Waals surface area (Å²) in [7, 11) is 0. The highest BCUT2D eigenvalue weighted by molar-refractivity contribution is 9.10. The van der Waals surface area contributed by atoms with E-state index in [1.54, 1.807) is 0 Å². The molecule has 0 N–H and O–H groups in total. The maximum Gasteiger partial charge on any atom is 0.194 e. The number of halogens is 3. The van der Waals surface area contributed by atoms with Crippen LogP contribution in [0.1, 0.15) is 35.2 Å². The summed E-state index contributed by atoms with van der Waals surface area (Å²) in [5, 5.41) is 1.05. The second-order valence-corrected chi connectivity index (χ2v) is 6.58. The summed E-state index contributed by atoms with van der Waals surface area (Å²) >= 11 is 15.8. The highest BCUT2D eigenvalue weighted by Gasteiger charge is 2.29.